The highest BCUT2D eigenvalue weighted by atomic mass is 16.5. The molecular weight excluding hydrogens is 416 g/mol. The minimum atomic E-state index is -0.309. The van der Waals surface area contributed by atoms with E-state index in [0.717, 1.165) is 54.7 Å². The molecule has 1 saturated carbocycles. The first-order chi connectivity index (χ1) is 16.1. The second-order valence-corrected chi connectivity index (χ2v) is 8.73. The number of benzene rings is 2. The molecule has 4 aromatic rings. The Balaban J connectivity index is 1.79. The minimum Gasteiger partial charge on any atom is -0.496 e. The van der Waals surface area contributed by atoms with Crippen molar-refractivity contribution < 1.29 is 4.74 Å². The predicted molar refractivity (Wildman–Crippen MR) is 129 cm³/mol. The van der Waals surface area contributed by atoms with Gasteiger partial charge in [-0.15, -0.1) is 0 Å². The Morgan fingerprint density at radius 2 is 1.73 bits per heavy atom. The van der Waals surface area contributed by atoms with Gasteiger partial charge in [0.1, 0.15) is 5.75 Å². The van der Waals surface area contributed by atoms with E-state index in [1.165, 1.54) is 4.57 Å². The zero-order chi connectivity index (χ0) is 22.9. The Morgan fingerprint density at radius 3 is 2.48 bits per heavy atom. The highest BCUT2D eigenvalue weighted by Crippen LogP contribution is 2.27. The Morgan fingerprint density at radius 1 is 1.00 bits per heavy atom. The molecule has 0 radical (unpaired) electrons. The molecule has 1 aliphatic rings. The van der Waals surface area contributed by atoms with Crippen LogP contribution in [0.25, 0.3) is 16.9 Å². The number of para-hydroxylation sites is 2. The van der Waals surface area contributed by atoms with Crippen molar-refractivity contribution in [2.75, 3.05) is 7.11 Å². The van der Waals surface area contributed by atoms with Gasteiger partial charge in [-0.2, -0.15) is 0 Å². The van der Waals surface area contributed by atoms with Crippen molar-refractivity contribution in [3.8, 4) is 11.4 Å². The number of methoxy groups -OCH3 is 1. The topological polar surface area (TPSA) is 71.1 Å². The van der Waals surface area contributed by atoms with E-state index in [9.17, 15) is 9.59 Å². The number of imidazole rings is 1. The van der Waals surface area contributed by atoms with Gasteiger partial charge in [0.25, 0.3) is 5.56 Å². The fourth-order valence-electron chi connectivity index (χ4n) is 4.98. The quantitative estimate of drug-likeness (QED) is 0.462. The normalized spacial score (nSPS) is 14.6. The van der Waals surface area contributed by atoms with Gasteiger partial charge in [0.2, 0.25) is 0 Å². The molecule has 2 aromatic carbocycles. The number of aryl methyl sites for hydroxylation is 1. The van der Waals surface area contributed by atoms with E-state index in [1.807, 2.05) is 60.0 Å². The van der Waals surface area contributed by atoms with Gasteiger partial charge in [-0.25, -0.2) is 14.3 Å². The van der Waals surface area contributed by atoms with Crippen molar-refractivity contribution in [2.45, 2.75) is 51.6 Å². The molecule has 2 heterocycles. The van der Waals surface area contributed by atoms with Gasteiger partial charge < -0.3 is 9.30 Å². The van der Waals surface area contributed by atoms with E-state index < -0.39 is 0 Å². The number of ether oxygens (including phenoxy) is 1. The Labute approximate surface area is 191 Å². The van der Waals surface area contributed by atoms with Crippen LogP contribution < -0.4 is 16.0 Å². The third kappa shape index (κ3) is 3.67. The smallest absolute Gasteiger partial charge is 0.337 e. The average molecular weight is 445 g/mol. The van der Waals surface area contributed by atoms with Crippen LogP contribution in [0.3, 0.4) is 0 Å². The number of nitrogens with zero attached hydrogens (tertiary/aromatic N) is 4. The molecule has 33 heavy (non-hydrogen) atoms. The van der Waals surface area contributed by atoms with Gasteiger partial charge >= 0.3 is 5.69 Å². The summed E-state index contributed by atoms with van der Waals surface area (Å²) in [6.07, 6.45) is 6.53. The van der Waals surface area contributed by atoms with Crippen molar-refractivity contribution in [2.24, 2.45) is 0 Å². The molecule has 7 nitrogen and oxygen atoms in total. The number of aromatic nitrogens is 4. The Hall–Kier alpha value is -3.61. The summed E-state index contributed by atoms with van der Waals surface area (Å²) in [6.45, 7) is 2.39. The molecule has 7 heteroatoms. The maximum atomic E-state index is 13.8. The predicted octanol–water partition coefficient (Wildman–Crippen LogP) is 4.22. The lowest BCUT2D eigenvalue weighted by molar-refractivity contribution is 0.335. The molecule has 2 aromatic heterocycles. The molecule has 170 valence electrons. The van der Waals surface area contributed by atoms with Crippen LogP contribution in [0.4, 0.5) is 0 Å². The summed E-state index contributed by atoms with van der Waals surface area (Å²) in [5.74, 6) is 0.749. The van der Waals surface area contributed by atoms with Crippen LogP contribution >= 0.6 is 0 Å². The van der Waals surface area contributed by atoms with E-state index in [0.29, 0.717) is 17.7 Å². The fraction of sp³-hybridized carbons (Fsp3) is 0.346. The molecule has 0 bridgehead atoms. The van der Waals surface area contributed by atoms with E-state index in [1.54, 1.807) is 18.0 Å². The van der Waals surface area contributed by atoms with Crippen LogP contribution in [-0.4, -0.2) is 25.8 Å². The zero-order valence-corrected chi connectivity index (χ0v) is 19.0. The molecule has 5 rings (SSSR count). The lowest BCUT2D eigenvalue weighted by Crippen LogP contribution is -2.43. The van der Waals surface area contributed by atoms with Gasteiger partial charge in [-0.1, -0.05) is 55.7 Å². The second-order valence-electron chi connectivity index (χ2n) is 8.73. The average Bonchev–Trinajstić information content (AvgIpc) is 3.25. The van der Waals surface area contributed by atoms with E-state index >= 15 is 0 Å². The van der Waals surface area contributed by atoms with Crippen molar-refractivity contribution in [3.05, 3.63) is 86.8 Å². The fourth-order valence-corrected chi connectivity index (χ4v) is 4.98. The number of hydrogen-bond acceptors (Lipinski definition) is 4. The van der Waals surface area contributed by atoms with Crippen LogP contribution in [0.2, 0.25) is 0 Å². The van der Waals surface area contributed by atoms with Crippen LogP contribution in [0, 0.1) is 6.92 Å². The van der Waals surface area contributed by atoms with Crippen molar-refractivity contribution >= 4 is 11.2 Å². The van der Waals surface area contributed by atoms with Crippen LogP contribution in [0.5, 0.6) is 5.75 Å². The SMILES string of the molecule is COc1ccccc1Cn1cnc2c1c(=O)n(C1CCCCC1)c(=O)n2-c1ccccc1C. The number of fused-ring (bicyclic) bond motifs is 1. The summed E-state index contributed by atoms with van der Waals surface area (Å²) in [7, 11) is 1.64. The summed E-state index contributed by atoms with van der Waals surface area (Å²) in [5, 5.41) is 0. The molecule has 1 fully saturated rings. The molecule has 1 aliphatic carbocycles. The van der Waals surface area contributed by atoms with Crippen molar-refractivity contribution in [1.82, 2.24) is 18.7 Å². The monoisotopic (exact) mass is 444 g/mol. The first kappa shape index (κ1) is 21.2. The second kappa shape index (κ2) is 8.73. The molecule has 0 spiro atoms. The van der Waals surface area contributed by atoms with E-state index in [4.69, 9.17) is 4.74 Å². The maximum Gasteiger partial charge on any atom is 0.337 e. The lowest BCUT2D eigenvalue weighted by atomic mass is 9.95. The minimum absolute atomic E-state index is 0.0898. The molecule has 0 amide bonds. The van der Waals surface area contributed by atoms with Gasteiger partial charge in [-0.3, -0.25) is 9.36 Å². The summed E-state index contributed by atoms with van der Waals surface area (Å²) < 4.78 is 10.4. The van der Waals surface area contributed by atoms with Crippen molar-refractivity contribution in [3.63, 3.8) is 0 Å². The van der Waals surface area contributed by atoms with Gasteiger partial charge in [0.15, 0.2) is 11.2 Å². The third-order valence-corrected chi connectivity index (χ3v) is 6.68. The molecule has 0 atom stereocenters. The number of hydrogen-bond donors (Lipinski definition) is 0. The van der Waals surface area contributed by atoms with Crippen LogP contribution in [0.1, 0.15) is 49.3 Å². The summed E-state index contributed by atoms with van der Waals surface area (Å²) in [6, 6.07) is 15.4. The van der Waals surface area contributed by atoms with E-state index in [2.05, 4.69) is 4.98 Å². The maximum absolute atomic E-state index is 13.8. The molecule has 0 unspecified atom stereocenters. The molecule has 0 saturated heterocycles. The standard InChI is InChI=1S/C26H28N4O3/c1-18-10-6-8-14-21(18)30-24-23(25(31)29(26(30)32)20-12-4-3-5-13-20)28(17-27-24)16-19-11-7-9-15-22(19)33-2/h6-11,14-15,17,20H,3-5,12-13,16H2,1-2H3. The Bertz CT molecular complexity index is 1420. The highest BCUT2D eigenvalue weighted by molar-refractivity contribution is 5.73. The highest BCUT2D eigenvalue weighted by Gasteiger charge is 2.25. The van der Waals surface area contributed by atoms with E-state index in [-0.39, 0.29) is 17.3 Å². The van der Waals surface area contributed by atoms with Crippen LogP contribution in [0.15, 0.2) is 64.4 Å². The van der Waals surface area contributed by atoms with Gasteiger partial charge in [-0.05, 0) is 37.5 Å². The summed E-state index contributed by atoms with van der Waals surface area (Å²) >= 11 is 0. The van der Waals surface area contributed by atoms with Gasteiger partial charge in [0.05, 0.1) is 25.7 Å². The third-order valence-electron chi connectivity index (χ3n) is 6.68. The number of rotatable bonds is 5. The first-order valence-electron chi connectivity index (χ1n) is 11.5. The first-order valence-corrected chi connectivity index (χ1v) is 11.5. The zero-order valence-electron chi connectivity index (χ0n) is 19.0. The van der Waals surface area contributed by atoms with Crippen LogP contribution in [-0.2, 0) is 6.54 Å². The lowest BCUT2D eigenvalue weighted by Gasteiger charge is -2.24. The molecular formula is C26H28N4O3. The Kier molecular flexibility index (Phi) is 5.62. The molecule has 0 N–H and O–H groups in total. The summed E-state index contributed by atoms with van der Waals surface area (Å²) in [4.78, 5) is 32.1. The summed E-state index contributed by atoms with van der Waals surface area (Å²) in [5.41, 5.74) is 2.90. The largest absolute Gasteiger partial charge is 0.496 e. The van der Waals surface area contributed by atoms with Gasteiger partial charge in [0, 0.05) is 11.6 Å². The van der Waals surface area contributed by atoms with Crippen molar-refractivity contribution in [1.29, 1.82) is 0 Å². The molecule has 0 aliphatic heterocycles.